The number of anilines is 1. The summed E-state index contributed by atoms with van der Waals surface area (Å²) < 4.78 is 10.6. The lowest BCUT2D eigenvalue weighted by Gasteiger charge is -2.05. The first-order valence-corrected chi connectivity index (χ1v) is 10.0. The van der Waals surface area contributed by atoms with E-state index in [0.29, 0.717) is 29.0 Å². The molecule has 0 radical (unpaired) electrons. The molecule has 0 spiro atoms. The molecule has 0 fully saturated rings. The number of esters is 1. The fraction of sp³-hybridized carbons (Fsp3) is 0.238. The van der Waals surface area contributed by atoms with Gasteiger partial charge in [0.2, 0.25) is 11.8 Å². The van der Waals surface area contributed by atoms with Crippen LogP contribution in [-0.2, 0) is 9.53 Å². The lowest BCUT2D eigenvalue weighted by atomic mass is 10.1. The van der Waals surface area contributed by atoms with Gasteiger partial charge in [0.15, 0.2) is 0 Å². The van der Waals surface area contributed by atoms with Crippen molar-refractivity contribution in [3.8, 4) is 11.5 Å². The minimum absolute atomic E-state index is 0.119. The van der Waals surface area contributed by atoms with Crippen molar-refractivity contribution in [1.82, 2.24) is 10.2 Å². The number of aromatic nitrogens is 2. The van der Waals surface area contributed by atoms with Crippen LogP contribution in [0.5, 0.6) is 0 Å². The highest BCUT2D eigenvalue weighted by Gasteiger charge is 2.12. The average Bonchev–Trinajstić information content (AvgIpc) is 3.15. The number of aryl methyl sites for hydroxylation is 2. The van der Waals surface area contributed by atoms with Crippen LogP contribution in [0.3, 0.4) is 0 Å². The molecule has 0 aliphatic rings. The maximum Gasteiger partial charge on any atom is 0.338 e. The van der Waals surface area contributed by atoms with E-state index >= 15 is 0 Å². The van der Waals surface area contributed by atoms with Gasteiger partial charge in [0, 0.05) is 11.3 Å². The Kier molecular flexibility index (Phi) is 6.66. The zero-order chi connectivity index (χ0) is 20.8. The van der Waals surface area contributed by atoms with Crippen LogP contribution in [0.4, 0.5) is 5.69 Å². The maximum atomic E-state index is 12.2. The van der Waals surface area contributed by atoms with E-state index in [1.165, 1.54) is 0 Å². The number of carbonyl (C=O) groups excluding carboxylic acids is 2. The summed E-state index contributed by atoms with van der Waals surface area (Å²) in [5, 5.41) is 11.1. The van der Waals surface area contributed by atoms with E-state index in [0.717, 1.165) is 28.5 Å². The van der Waals surface area contributed by atoms with Crippen molar-refractivity contribution in [3.63, 3.8) is 0 Å². The number of nitrogens with one attached hydrogen (secondary N) is 1. The Morgan fingerprint density at radius 2 is 1.76 bits per heavy atom. The summed E-state index contributed by atoms with van der Waals surface area (Å²) >= 11 is 1.16. The lowest BCUT2D eigenvalue weighted by Crippen LogP contribution is -2.14. The highest BCUT2D eigenvalue weighted by molar-refractivity contribution is 7.99. The van der Waals surface area contributed by atoms with E-state index in [2.05, 4.69) is 21.6 Å². The first-order chi connectivity index (χ1) is 13.9. The highest BCUT2D eigenvalue weighted by Crippen LogP contribution is 2.25. The Balaban J connectivity index is 1.54. The molecule has 0 unspecified atom stereocenters. The molecule has 3 aromatic rings. The summed E-state index contributed by atoms with van der Waals surface area (Å²) in [7, 11) is 0. The van der Waals surface area contributed by atoms with Gasteiger partial charge in [0.05, 0.1) is 17.9 Å². The molecule has 7 nitrogen and oxygen atoms in total. The van der Waals surface area contributed by atoms with Gasteiger partial charge < -0.3 is 14.5 Å². The summed E-state index contributed by atoms with van der Waals surface area (Å²) in [6.07, 6.45) is 0. The second-order valence-electron chi connectivity index (χ2n) is 6.38. The molecule has 0 aliphatic heterocycles. The van der Waals surface area contributed by atoms with E-state index in [1.807, 2.05) is 26.0 Å². The number of thioether (sulfide) groups is 1. The van der Waals surface area contributed by atoms with Crippen molar-refractivity contribution in [2.75, 3.05) is 17.7 Å². The standard InChI is InChI=1S/C21H21N3O4S/c1-4-27-20(26)15-5-7-17(8-6-15)22-18(25)12-29-21-24-23-19(28-21)16-10-13(2)9-14(3)11-16/h5-11H,4,12H2,1-3H3,(H,22,25). The Labute approximate surface area is 172 Å². The predicted molar refractivity (Wildman–Crippen MR) is 111 cm³/mol. The van der Waals surface area contributed by atoms with Crippen LogP contribution in [0.2, 0.25) is 0 Å². The number of hydrogen-bond donors (Lipinski definition) is 1. The molecule has 0 atom stereocenters. The van der Waals surface area contributed by atoms with E-state index < -0.39 is 5.97 Å². The van der Waals surface area contributed by atoms with Gasteiger partial charge in [-0.1, -0.05) is 29.0 Å². The van der Waals surface area contributed by atoms with Crippen LogP contribution in [0.15, 0.2) is 52.1 Å². The smallest absolute Gasteiger partial charge is 0.338 e. The summed E-state index contributed by atoms with van der Waals surface area (Å²) in [6.45, 7) is 6.08. The summed E-state index contributed by atoms with van der Waals surface area (Å²) in [5.41, 5.74) is 4.10. The fourth-order valence-electron chi connectivity index (χ4n) is 2.71. The number of hydrogen-bond acceptors (Lipinski definition) is 7. The number of ether oxygens (including phenoxy) is 1. The molecule has 2 aromatic carbocycles. The molecule has 3 rings (SSSR count). The van der Waals surface area contributed by atoms with Crippen LogP contribution >= 0.6 is 11.8 Å². The van der Waals surface area contributed by atoms with Crippen molar-refractivity contribution in [1.29, 1.82) is 0 Å². The van der Waals surface area contributed by atoms with E-state index in [9.17, 15) is 9.59 Å². The zero-order valence-electron chi connectivity index (χ0n) is 16.4. The molecular weight excluding hydrogens is 390 g/mol. The van der Waals surface area contributed by atoms with Gasteiger partial charge in [-0.05, 0) is 57.2 Å². The van der Waals surface area contributed by atoms with E-state index in [1.54, 1.807) is 31.2 Å². The van der Waals surface area contributed by atoms with Crippen molar-refractivity contribution in [3.05, 3.63) is 59.2 Å². The molecule has 0 bridgehead atoms. The quantitative estimate of drug-likeness (QED) is 0.458. The third-order valence-corrected chi connectivity index (χ3v) is 4.70. The van der Waals surface area contributed by atoms with Gasteiger partial charge in [-0.25, -0.2) is 4.79 Å². The third-order valence-electron chi connectivity index (χ3n) is 3.88. The van der Waals surface area contributed by atoms with Gasteiger partial charge in [0.25, 0.3) is 5.22 Å². The van der Waals surface area contributed by atoms with Crippen molar-refractivity contribution < 1.29 is 18.7 Å². The zero-order valence-corrected chi connectivity index (χ0v) is 17.2. The normalized spacial score (nSPS) is 10.6. The average molecular weight is 411 g/mol. The second-order valence-corrected chi connectivity index (χ2v) is 7.31. The molecule has 29 heavy (non-hydrogen) atoms. The van der Waals surface area contributed by atoms with Gasteiger partial charge in [-0.15, -0.1) is 10.2 Å². The summed E-state index contributed by atoms with van der Waals surface area (Å²) in [5.74, 6) is -0.0649. The number of amides is 1. The Bertz CT molecular complexity index is 995. The number of carbonyl (C=O) groups is 2. The number of rotatable bonds is 7. The van der Waals surface area contributed by atoms with Crippen molar-refractivity contribution in [2.24, 2.45) is 0 Å². The van der Waals surface area contributed by atoms with Crippen molar-refractivity contribution >= 4 is 29.3 Å². The summed E-state index contributed by atoms with van der Waals surface area (Å²) in [4.78, 5) is 23.8. The topological polar surface area (TPSA) is 94.3 Å². The van der Waals surface area contributed by atoms with E-state index in [4.69, 9.17) is 9.15 Å². The Morgan fingerprint density at radius 3 is 2.41 bits per heavy atom. The Hall–Kier alpha value is -3.13. The van der Waals surface area contributed by atoms with Crippen LogP contribution in [-0.4, -0.2) is 34.4 Å². The first-order valence-electron chi connectivity index (χ1n) is 9.06. The third kappa shape index (κ3) is 5.68. The maximum absolute atomic E-state index is 12.2. The molecule has 1 N–H and O–H groups in total. The monoisotopic (exact) mass is 411 g/mol. The number of benzene rings is 2. The van der Waals surface area contributed by atoms with Gasteiger partial charge >= 0.3 is 5.97 Å². The van der Waals surface area contributed by atoms with Gasteiger partial charge in [0.1, 0.15) is 0 Å². The molecular formula is C21H21N3O4S. The first kappa shape index (κ1) is 20.6. The largest absolute Gasteiger partial charge is 0.462 e. The molecule has 8 heteroatoms. The molecule has 1 aromatic heterocycles. The van der Waals surface area contributed by atoms with Gasteiger partial charge in [-0.3, -0.25) is 4.79 Å². The fourth-order valence-corrected chi connectivity index (χ4v) is 3.27. The molecule has 1 heterocycles. The van der Waals surface area contributed by atoms with Crippen LogP contribution in [0, 0.1) is 13.8 Å². The highest BCUT2D eigenvalue weighted by atomic mass is 32.2. The van der Waals surface area contributed by atoms with Crippen LogP contribution in [0.1, 0.15) is 28.4 Å². The molecule has 1 amide bonds. The minimum Gasteiger partial charge on any atom is -0.462 e. The van der Waals surface area contributed by atoms with Crippen LogP contribution in [0.25, 0.3) is 11.5 Å². The molecule has 0 saturated carbocycles. The Morgan fingerprint density at radius 1 is 1.07 bits per heavy atom. The van der Waals surface area contributed by atoms with Gasteiger partial charge in [-0.2, -0.15) is 0 Å². The lowest BCUT2D eigenvalue weighted by molar-refractivity contribution is -0.113. The SMILES string of the molecule is CCOC(=O)c1ccc(NC(=O)CSc2nnc(-c3cc(C)cc(C)c3)o2)cc1. The summed E-state index contributed by atoms with van der Waals surface area (Å²) in [6, 6.07) is 12.5. The molecule has 150 valence electrons. The molecule has 0 aliphatic carbocycles. The predicted octanol–water partition coefficient (Wildman–Crippen LogP) is 4.26. The molecule has 0 saturated heterocycles. The second kappa shape index (κ2) is 9.38. The van der Waals surface area contributed by atoms with E-state index in [-0.39, 0.29) is 11.7 Å². The van der Waals surface area contributed by atoms with Crippen molar-refractivity contribution in [2.45, 2.75) is 26.0 Å². The minimum atomic E-state index is -0.392. The van der Waals surface area contributed by atoms with Crippen LogP contribution < -0.4 is 5.32 Å². The number of nitrogens with zero attached hydrogens (tertiary/aromatic N) is 2.